The van der Waals surface area contributed by atoms with Gasteiger partial charge in [-0.1, -0.05) is 23.7 Å². The van der Waals surface area contributed by atoms with Gasteiger partial charge in [0, 0.05) is 78.7 Å². The van der Waals surface area contributed by atoms with Crippen LogP contribution >= 0.6 is 11.6 Å². The van der Waals surface area contributed by atoms with Gasteiger partial charge in [0.05, 0.1) is 26.2 Å². The number of quaternary nitrogens is 1. The Morgan fingerprint density at radius 1 is 1.08 bits per heavy atom. The number of pyridine rings is 1. The van der Waals surface area contributed by atoms with Gasteiger partial charge in [-0.15, -0.1) is 6.58 Å². The number of hydrogen-bond donors (Lipinski definition) is 0. The predicted molar refractivity (Wildman–Crippen MR) is 202 cm³/mol. The van der Waals surface area contributed by atoms with Crippen LogP contribution in [0.25, 0.3) is 0 Å². The van der Waals surface area contributed by atoms with Gasteiger partial charge in [0.15, 0.2) is 10.9 Å². The van der Waals surface area contributed by atoms with E-state index < -0.39 is 31.3 Å². The molecular formula is C38H48ClN5O7S. The van der Waals surface area contributed by atoms with Crippen molar-refractivity contribution >= 4 is 33.2 Å². The monoisotopic (exact) mass is 753 g/mol. The van der Waals surface area contributed by atoms with Crippen molar-refractivity contribution in [3.8, 4) is 17.4 Å². The fraction of sp³-hybridized carbons (Fsp3) is 0.474. The van der Waals surface area contributed by atoms with E-state index in [1.165, 1.54) is 32.4 Å². The van der Waals surface area contributed by atoms with Crippen molar-refractivity contribution in [1.29, 1.82) is 0 Å². The zero-order valence-corrected chi connectivity index (χ0v) is 31.9. The summed E-state index contributed by atoms with van der Waals surface area (Å²) >= 11 is 6.63. The lowest BCUT2D eigenvalue weighted by atomic mass is 9.73. The summed E-state index contributed by atoms with van der Waals surface area (Å²) in [5.74, 6) is 0.710. The second-order valence-corrected chi connectivity index (χ2v) is 16.3. The summed E-state index contributed by atoms with van der Waals surface area (Å²) < 4.78 is 45.1. The Hall–Kier alpha value is -3.72. The molecule has 3 unspecified atom stereocenters. The number of piperazine rings is 1. The van der Waals surface area contributed by atoms with Crippen molar-refractivity contribution in [1.82, 2.24) is 23.7 Å². The largest absolute Gasteiger partial charge is 0.611 e. The second kappa shape index (κ2) is 15.3. The molecule has 1 aromatic heterocycles. The lowest BCUT2D eigenvalue weighted by Crippen LogP contribution is -2.56. The first-order valence-corrected chi connectivity index (χ1v) is 19.6. The number of rotatable bonds is 12. The Balaban J connectivity index is 1.43. The Morgan fingerprint density at radius 2 is 1.81 bits per heavy atom. The normalized spacial score (nSPS) is 23.5. The number of sulfonamides is 1. The van der Waals surface area contributed by atoms with Crippen LogP contribution in [0.1, 0.15) is 48.1 Å². The maximum Gasteiger partial charge on any atom is 0.312 e. The van der Waals surface area contributed by atoms with Gasteiger partial charge in [-0.2, -0.15) is 8.42 Å². The Kier molecular flexibility index (Phi) is 11.2. The van der Waals surface area contributed by atoms with Crippen LogP contribution in [-0.2, 0) is 20.2 Å². The predicted octanol–water partition coefficient (Wildman–Crippen LogP) is 5.14. The fourth-order valence-corrected chi connectivity index (χ4v) is 10.3. The lowest BCUT2D eigenvalue weighted by molar-refractivity contribution is -0.134. The molecule has 0 saturated carbocycles. The number of hydrogen-bond acceptors (Lipinski definition) is 10. The third-order valence-electron chi connectivity index (χ3n) is 10.9. The van der Waals surface area contributed by atoms with Crippen LogP contribution in [0.4, 0.5) is 5.69 Å². The summed E-state index contributed by atoms with van der Waals surface area (Å²) in [6.07, 6.45) is 4.80. The highest BCUT2D eigenvalue weighted by atomic mass is 35.5. The summed E-state index contributed by atoms with van der Waals surface area (Å²) in [5.41, 5.74) is -0.479. The first kappa shape index (κ1) is 38.0. The molecule has 1 amide bonds. The molecule has 3 aliphatic rings. The molecule has 0 bridgehead atoms. The van der Waals surface area contributed by atoms with E-state index in [9.17, 15) is 13.2 Å². The number of carbonyl (C=O) groups is 1. The van der Waals surface area contributed by atoms with Gasteiger partial charge in [-0.05, 0) is 70.2 Å². The molecule has 2 saturated heterocycles. The highest BCUT2D eigenvalue weighted by molar-refractivity contribution is 7.91. The quantitative estimate of drug-likeness (QED) is 0.140. The third-order valence-corrected chi connectivity index (χ3v) is 13.4. The maximum atomic E-state index is 15.6. The van der Waals surface area contributed by atoms with Crippen molar-refractivity contribution in [2.75, 3.05) is 73.7 Å². The summed E-state index contributed by atoms with van der Waals surface area (Å²) in [7, 11) is 0.286. The fourth-order valence-electron chi connectivity index (χ4n) is 8.14. The molecule has 0 radical (unpaired) electrons. The number of amides is 1. The van der Waals surface area contributed by atoms with Gasteiger partial charge in [-0.3, -0.25) is 9.69 Å². The Labute approximate surface area is 311 Å². The number of fused-ring (bicyclic) bond motifs is 1. The van der Waals surface area contributed by atoms with E-state index in [0.29, 0.717) is 41.0 Å². The lowest BCUT2D eigenvalue weighted by Gasteiger charge is -2.43. The molecule has 2 fully saturated rings. The minimum absolute atomic E-state index is 0.0325. The number of carbonyl (C=O) groups excluding carboxylic acids is 1. The highest BCUT2D eigenvalue weighted by Gasteiger charge is 2.60. The molecule has 6 rings (SSSR count). The molecule has 3 aliphatic heterocycles. The van der Waals surface area contributed by atoms with Crippen LogP contribution in [0.5, 0.6) is 17.4 Å². The van der Waals surface area contributed by atoms with Crippen molar-refractivity contribution in [3.05, 3.63) is 94.3 Å². The molecule has 0 aliphatic carbocycles. The minimum atomic E-state index is -4.77. The maximum absolute atomic E-state index is 15.6. The van der Waals surface area contributed by atoms with Gasteiger partial charge in [0.25, 0.3) is 0 Å². The summed E-state index contributed by atoms with van der Waals surface area (Å²) in [5, 5.41) is 14.4. The zero-order valence-electron chi connectivity index (χ0n) is 30.3. The van der Waals surface area contributed by atoms with E-state index in [4.69, 9.17) is 25.8 Å². The number of ether oxygens (including phenoxy) is 3. The van der Waals surface area contributed by atoms with Gasteiger partial charge in [-0.25, -0.2) is 9.04 Å². The molecule has 0 spiro atoms. The van der Waals surface area contributed by atoms with Crippen LogP contribution in [0.2, 0.25) is 5.02 Å². The highest BCUT2D eigenvalue weighted by Crippen LogP contribution is 2.56. The van der Waals surface area contributed by atoms with Gasteiger partial charge in [0.1, 0.15) is 18.0 Å². The number of benzene rings is 2. The SMILES string of the molecule is C=CC(c1ccc(OC)cc1OC)S(=O)(=O)[N+]1([O-])CC(CC(=O)N2CCN(C3CCN(C)CC3)CC2)(c2cccnc2OCC)c2cc(Cl)ccc21. The summed E-state index contributed by atoms with van der Waals surface area (Å²) in [4.78, 5) is 25.7. The number of halogens is 1. The standard InChI is InChI=1S/C38H48ClN5O7S/c1-6-35(30-12-11-29(49-4)24-34(30)50-5)52(47,48)44(46)26-38(32-23-27(39)10-13-33(32)44,31-9-8-16-40-37(31)51-7-2)25-36(45)43-21-19-42(20-22-43)28-14-17-41(3)18-15-28/h6,8-13,16,23-24,28,35H,1,7,14-15,17-22,25-26H2,2-5H3. The van der Waals surface area contributed by atoms with Gasteiger partial charge < -0.3 is 29.2 Å². The number of nitrogens with zero attached hydrogens (tertiary/aromatic N) is 5. The van der Waals surface area contributed by atoms with E-state index in [0.717, 1.165) is 39.0 Å². The average Bonchev–Trinajstić information content (AvgIpc) is 3.41. The average molecular weight is 754 g/mol. The first-order valence-electron chi connectivity index (χ1n) is 17.7. The van der Waals surface area contributed by atoms with Crippen molar-refractivity contribution in [2.45, 2.75) is 42.9 Å². The molecule has 0 N–H and O–H groups in total. The molecule has 280 valence electrons. The molecule has 14 heteroatoms. The number of piperidine rings is 1. The van der Waals surface area contributed by atoms with Crippen LogP contribution in [0.3, 0.4) is 0 Å². The van der Waals surface area contributed by atoms with Crippen LogP contribution in [0, 0.1) is 5.21 Å². The van der Waals surface area contributed by atoms with Crippen LogP contribution < -0.4 is 18.3 Å². The minimum Gasteiger partial charge on any atom is -0.611 e. The Morgan fingerprint density at radius 3 is 2.46 bits per heavy atom. The smallest absolute Gasteiger partial charge is 0.312 e. The van der Waals surface area contributed by atoms with Crippen molar-refractivity contribution < 1.29 is 27.4 Å². The summed E-state index contributed by atoms with van der Waals surface area (Å²) in [6.45, 7) is 10.0. The molecule has 52 heavy (non-hydrogen) atoms. The van der Waals surface area contributed by atoms with E-state index in [1.807, 2.05) is 11.8 Å². The molecule has 4 heterocycles. The molecule has 3 atom stereocenters. The van der Waals surface area contributed by atoms with E-state index >= 15 is 5.21 Å². The van der Waals surface area contributed by atoms with E-state index in [2.05, 4.69) is 28.4 Å². The topological polar surface area (TPSA) is 125 Å². The molecular weight excluding hydrogens is 706 g/mol. The molecule has 3 aromatic rings. The molecule has 2 aromatic carbocycles. The van der Waals surface area contributed by atoms with E-state index in [-0.39, 0.29) is 41.8 Å². The zero-order chi connectivity index (χ0) is 37.3. The van der Waals surface area contributed by atoms with Crippen molar-refractivity contribution in [2.24, 2.45) is 0 Å². The number of likely N-dealkylation sites (tertiary alicyclic amines) is 1. The number of hydroxylamine groups is 1. The van der Waals surface area contributed by atoms with Gasteiger partial charge in [0.2, 0.25) is 11.8 Å². The van der Waals surface area contributed by atoms with E-state index in [1.54, 1.807) is 42.6 Å². The second-order valence-electron chi connectivity index (χ2n) is 13.8. The first-order chi connectivity index (χ1) is 24.9. The number of aromatic nitrogens is 1. The Bertz CT molecular complexity index is 1900. The van der Waals surface area contributed by atoms with Crippen LogP contribution in [0.15, 0.2) is 67.4 Å². The van der Waals surface area contributed by atoms with Crippen molar-refractivity contribution in [3.63, 3.8) is 0 Å². The number of methoxy groups -OCH3 is 2. The molecule has 12 nitrogen and oxygen atoms in total. The van der Waals surface area contributed by atoms with Gasteiger partial charge >= 0.3 is 10.0 Å². The third kappa shape index (κ3) is 6.78. The van der Waals surface area contributed by atoms with Crippen LogP contribution in [-0.4, -0.2) is 114 Å². The summed E-state index contributed by atoms with van der Waals surface area (Å²) in [6, 6.07) is 13.2.